The van der Waals surface area contributed by atoms with E-state index in [1.165, 1.54) is 15.9 Å². The van der Waals surface area contributed by atoms with E-state index in [1.807, 2.05) is 18.2 Å². The van der Waals surface area contributed by atoms with Crippen LogP contribution in [0, 0.1) is 0 Å². The molecule has 0 radical (unpaired) electrons. The van der Waals surface area contributed by atoms with Crippen LogP contribution in [0.1, 0.15) is 19.3 Å². The topological polar surface area (TPSA) is 40.1 Å². The molecule has 4 heteroatoms. The van der Waals surface area contributed by atoms with E-state index < -0.39 is 12.9 Å². The zero-order valence-electron chi connectivity index (χ0n) is 15.6. The van der Waals surface area contributed by atoms with Crippen molar-refractivity contribution in [1.29, 1.82) is 0 Å². The number of carbonyl (C=O) groups is 1. The van der Waals surface area contributed by atoms with Gasteiger partial charge in [0.1, 0.15) is 0 Å². The Labute approximate surface area is 183 Å². The fourth-order valence-corrected chi connectivity index (χ4v) is 7.31. The summed E-state index contributed by atoms with van der Waals surface area (Å²) in [4.78, 5) is 10.8. The molecular weight excluding hydrogens is 362 g/mol. The number of hydrogen-bond acceptors (Lipinski definition) is 2. The van der Waals surface area contributed by atoms with Crippen LogP contribution in [-0.4, -0.2) is 11.8 Å². The van der Waals surface area contributed by atoms with Crippen LogP contribution < -0.4 is 50.6 Å². The molecule has 0 amide bonds. The van der Waals surface area contributed by atoms with Crippen molar-refractivity contribution in [2.24, 2.45) is 0 Å². The van der Waals surface area contributed by atoms with Gasteiger partial charge in [0.05, 0.1) is 0 Å². The molecule has 132 valence electrons. The van der Waals surface area contributed by atoms with E-state index in [4.69, 9.17) is 0 Å². The summed E-state index contributed by atoms with van der Waals surface area (Å²) in [5.74, 6) is 1.37. The van der Waals surface area contributed by atoms with Gasteiger partial charge in [-0.1, -0.05) is 96.8 Å². The van der Waals surface area contributed by atoms with Crippen LogP contribution in [-0.2, 0) is 4.79 Å². The summed E-state index contributed by atoms with van der Waals surface area (Å²) in [5.41, 5.74) is 0. The minimum atomic E-state index is -1.95. The third-order valence-electron chi connectivity index (χ3n) is 4.48. The van der Waals surface area contributed by atoms with Crippen molar-refractivity contribution in [3.8, 4) is 0 Å². The fourth-order valence-electron chi connectivity index (χ4n) is 3.28. The van der Waals surface area contributed by atoms with E-state index in [1.54, 1.807) is 0 Å². The number of rotatable bonds is 7. The maximum Gasteiger partial charge on any atom is 1.00 e. The summed E-state index contributed by atoms with van der Waals surface area (Å²) in [6.07, 6.45) is 1.42. The zero-order chi connectivity index (χ0) is 18.2. The molecule has 0 aliphatic rings. The first-order valence-electron chi connectivity index (χ1n) is 8.83. The molecule has 3 aromatic rings. The molecule has 0 aromatic heterocycles. The van der Waals surface area contributed by atoms with Crippen LogP contribution in [0.25, 0.3) is 0 Å². The maximum atomic E-state index is 10.8. The normalized spacial score (nSPS) is 10.7. The predicted octanol–water partition coefficient (Wildman–Crippen LogP) is -0.293. The van der Waals surface area contributed by atoms with Crippen LogP contribution in [0.4, 0.5) is 0 Å². The molecule has 27 heavy (non-hydrogen) atoms. The van der Waals surface area contributed by atoms with E-state index in [9.17, 15) is 9.90 Å². The summed E-state index contributed by atoms with van der Waals surface area (Å²) in [6.45, 7) is -1.95. The molecule has 0 saturated heterocycles. The standard InChI is InChI=1S/C23H23O2P.Na/c24-23(25)18-10-11-19-26(20-12-4-1-5-13-20,21-14-6-2-7-15-21)22-16-8-3-9-17-22;/h1-9,12-17,19H,10-11,18H2,(H,24,25);/q;+1/p-1. The second-order valence-corrected chi connectivity index (χ2v) is 9.54. The van der Waals surface area contributed by atoms with E-state index in [0.717, 1.165) is 6.42 Å². The molecule has 0 aliphatic heterocycles. The van der Waals surface area contributed by atoms with Crippen LogP contribution in [0.15, 0.2) is 91.0 Å². The van der Waals surface area contributed by atoms with Crippen molar-refractivity contribution in [3.05, 3.63) is 91.0 Å². The molecule has 3 rings (SSSR count). The van der Waals surface area contributed by atoms with Gasteiger partial charge in [-0.2, -0.15) is 0 Å². The Kier molecular flexibility index (Phi) is 8.60. The van der Waals surface area contributed by atoms with Crippen molar-refractivity contribution in [3.63, 3.8) is 0 Å². The Morgan fingerprint density at radius 1 is 0.741 bits per heavy atom. The minimum absolute atomic E-state index is 0. The minimum Gasteiger partial charge on any atom is -0.550 e. The molecule has 0 atom stereocenters. The van der Waals surface area contributed by atoms with E-state index in [-0.39, 0.29) is 36.0 Å². The summed E-state index contributed by atoms with van der Waals surface area (Å²) in [6, 6.07) is 31.6. The van der Waals surface area contributed by atoms with Gasteiger partial charge in [0.25, 0.3) is 0 Å². The van der Waals surface area contributed by atoms with Gasteiger partial charge >= 0.3 is 29.6 Å². The third-order valence-corrected chi connectivity index (χ3v) is 8.62. The number of benzene rings is 3. The van der Waals surface area contributed by atoms with Crippen molar-refractivity contribution in [2.75, 3.05) is 0 Å². The van der Waals surface area contributed by atoms with Crippen molar-refractivity contribution < 1.29 is 39.5 Å². The molecule has 0 spiro atoms. The largest absolute Gasteiger partial charge is 1.00 e. The smallest absolute Gasteiger partial charge is 0.550 e. The van der Waals surface area contributed by atoms with Gasteiger partial charge in [0, 0.05) is 5.97 Å². The summed E-state index contributed by atoms with van der Waals surface area (Å²) < 4.78 is 0. The number of carboxylic acids is 1. The first-order chi connectivity index (χ1) is 12.7. The number of carboxylic acid groups (broad SMARTS) is 1. The van der Waals surface area contributed by atoms with Crippen LogP contribution >= 0.6 is 6.89 Å². The van der Waals surface area contributed by atoms with Gasteiger partial charge in [0.2, 0.25) is 0 Å². The molecule has 0 fully saturated rings. The molecule has 0 bridgehead atoms. The number of unbranched alkanes of at least 4 members (excludes halogenated alkanes) is 1. The van der Waals surface area contributed by atoms with Crippen molar-refractivity contribution in [1.82, 2.24) is 0 Å². The van der Waals surface area contributed by atoms with Crippen LogP contribution in [0.5, 0.6) is 0 Å². The molecule has 2 nitrogen and oxygen atoms in total. The van der Waals surface area contributed by atoms with Gasteiger partial charge in [0.15, 0.2) is 0 Å². The Morgan fingerprint density at radius 3 is 1.44 bits per heavy atom. The van der Waals surface area contributed by atoms with Crippen molar-refractivity contribution in [2.45, 2.75) is 19.3 Å². The average molecular weight is 384 g/mol. The molecular formula is C23H22NaO2P. The van der Waals surface area contributed by atoms with Crippen LogP contribution in [0.3, 0.4) is 0 Å². The molecule has 3 aromatic carbocycles. The maximum absolute atomic E-state index is 10.8. The van der Waals surface area contributed by atoms with Gasteiger partial charge < -0.3 is 9.90 Å². The summed E-state index contributed by atoms with van der Waals surface area (Å²) >= 11 is 0. The second-order valence-electron chi connectivity index (χ2n) is 6.18. The molecule has 0 heterocycles. The SMILES string of the molecule is O=C([O-])CCCC=P(c1ccccc1)(c1ccccc1)c1ccccc1.[Na+]. The number of hydrogen-bond donors (Lipinski definition) is 0. The number of carbonyl (C=O) groups excluding carboxylic acids is 1. The molecule has 0 unspecified atom stereocenters. The van der Waals surface area contributed by atoms with Gasteiger partial charge in [-0.05, 0) is 42.1 Å². The van der Waals surface area contributed by atoms with E-state index in [2.05, 4.69) is 78.6 Å². The Bertz CT molecular complexity index is 790. The third kappa shape index (κ3) is 5.24. The van der Waals surface area contributed by atoms with Gasteiger partial charge in [-0.15, -0.1) is 0 Å². The molecule has 0 N–H and O–H groups in total. The molecule has 0 aliphatic carbocycles. The fraction of sp³-hybridized carbons (Fsp3) is 0.130. The summed E-state index contributed by atoms with van der Waals surface area (Å²) in [5, 5.41) is 14.7. The Balaban J connectivity index is 0.00000261. The predicted molar refractivity (Wildman–Crippen MR) is 110 cm³/mol. The van der Waals surface area contributed by atoms with E-state index in [0.29, 0.717) is 6.42 Å². The monoisotopic (exact) mass is 384 g/mol. The first kappa shape index (κ1) is 21.7. The second kappa shape index (κ2) is 10.7. The Morgan fingerprint density at radius 2 is 1.11 bits per heavy atom. The summed E-state index contributed by atoms with van der Waals surface area (Å²) in [7, 11) is 0. The van der Waals surface area contributed by atoms with Gasteiger partial charge in [-0.3, -0.25) is 0 Å². The zero-order valence-corrected chi connectivity index (χ0v) is 18.5. The first-order valence-corrected chi connectivity index (χ1v) is 10.7. The van der Waals surface area contributed by atoms with Crippen LogP contribution in [0.2, 0.25) is 0 Å². The average Bonchev–Trinajstić information content (AvgIpc) is 2.70. The van der Waals surface area contributed by atoms with Gasteiger partial charge in [-0.25, -0.2) is 0 Å². The van der Waals surface area contributed by atoms with Crippen molar-refractivity contribution >= 4 is 34.6 Å². The Hall–Kier alpha value is -1.57. The van der Waals surface area contributed by atoms with E-state index >= 15 is 0 Å². The number of aliphatic carboxylic acids is 1. The quantitative estimate of drug-likeness (QED) is 0.319. The molecule has 0 saturated carbocycles.